The molecule has 0 aliphatic carbocycles. The lowest BCUT2D eigenvalue weighted by atomic mass is 9.90. The molecule has 1 amide bonds. The van der Waals surface area contributed by atoms with Crippen molar-refractivity contribution < 1.29 is 4.79 Å². The first kappa shape index (κ1) is 24.2. The Morgan fingerprint density at radius 1 is 1.12 bits per heavy atom. The molecule has 9 nitrogen and oxygen atoms in total. The summed E-state index contributed by atoms with van der Waals surface area (Å²) < 4.78 is 0. The summed E-state index contributed by atoms with van der Waals surface area (Å²) in [6, 6.07) is 7.52. The van der Waals surface area contributed by atoms with Crippen LogP contribution < -0.4 is 27.0 Å². The van der Waals surface area contributed by atoms with Crippen molar-refractivity contribution in [3.63, 3.8) is 0 Å². The maximum Gasteiger partial charge on any atom is 0.260 e. The average Bonchev–Trinajstić information content (AvgIpc) is 2.83. The minimum absolute atomic E-state index is 0.267. The molecule has 0 bridgehead atoms. The van der Waals surface area contributed by atoms with E-state index in [2.05, 4.69) is 56.2 Å². The molecular formula is C24H34N8O. The summed E-state index contributed by atoms with van der Waals surface area (Å²) in [5.41, 5.74) is 7.52. The third-order valence-electron chi connectivity index (χ3n) is 5.35. The van der Waals surface area contributed by atoms with Crippen LogP contribution >= 0.6 is 0 Å². The number of hydrogen-bond acceptors (Lipinski definition) is 8. The standard InChI is InChI=1S/C24H34N8O/c1-3-10-28-22-21(23(33)31-20-6-4-5-19(14-20)27-13-9-25)16-30-24(32-22)29-12-8-18-7-11-26-15-17(18)2/h4-7,11,14-18,27H,3,8-10,12-13,25H2,1-2H3,(H,31,33)(H2,28,29,30,32). The smallest absolute Gasteiger partial charge is 0.260 e. The highest BCUT2D eigenvalue weighted by molar-refractivity contribution is 6.07. The van der Waals surface area contributed by atoms with Crippen molar-refractivity contribution in [1.82, 2.24) is 9.97 Å². The summed E-state index contributed by atoms with van der Waals surface area (Å²) in [6.45, 7) is 6.86. The zero-order valence-electron chi connectivity index (χ0n) is 19.3. The lowest BCUT2D eigenvalue weighted by molar-refractivity contribution is 0.102. The number of benzene rings is 1. The Bertz CT molecular complexity index is 975. The van der Waals surface area contributed by atoms with Gasteiger partial charge in [-0.1, -0.05) is 26.0 Å². The van der Waals surface area contributed by atoms with E-state index in [-0.39, 0.29) is 5.91 Å². The SMILES string of the molecule is CCCNc1nc(NCCC2C=CN=CC2C)ncc1C(=O)Nc1cccc(NCCN)c1. The number of carbonyl (C=O) groups is 1. The fraction of sp³-hybridized carbons (Fsp3) is 0.417. The van der Waals surface area contributed by atoms with E-state index >= 15 is 0 Å². The molecule has 0 saturated heterocycles. The van der Waals surface area contributed by atoms with Crippen molar-refractivity contribution in [1.29, 1.82) is 0 Å². The van der Waals surface area contributed by atoms with E-state index < -0.39 is 0 Å². The van der Waals surface area contributed by atoms with Crippen LogP contribution in [0.5, 0.6) is 0 Å². The zero-order valence-corrected chi connectivity index (χ0v) is 19.3. The summed E-state index contributed by atoms with van der Waals surface area (Å²) in [5, 5.41) is 12.7. The van der Waals surface area contributed by atoms with Gasteiger partial charge in [0.1, 0.15) is 11.4 Å². The fourth-order valence-electron chi connectivity index (χ4n) is 3.47. The monoisotopic (exact) mass is 450 g/mol. The van der Waals surface area contributed by atoms with Crippen LogP contribution in [0.2, 0.25) is 0 Å². The summed E-state index contributed by atoms with van der Waals surface area (Å²) in [6.07, 6.45) is 9.39. The topological polar surface area (TPSA) is 129 Å². The van der Waals surface area contributed by atoms with Crippen molar-refractivity contribution in [2.75, 3.05) is 47.4 Å². The molecule has 33 heavy (non-hydrogen) atoms. The number of nitrogens with two attached hydrogens (primary N) is 1. The van der Waals surface area contributed by atoms with Gasteiger partial charge in [0.2, 0.25) is 5.95 Å². The third kappa shape index (κ3) is 7.28. The number of anilines is 4. The fourth-order valence-corrected chi connectivity index (χ4v) is 3.47. The number of carbonyl (C=O) groups excluding carboxylic acids is 1. The van der Waals surface area contributed by atoms with Crippen LogP contribution in [0, 0.1) is 11.8 Å². The second-order valence-corrected chi connectivity index (χ2v) is 8.01. The maximum absolute atomic E-state index is 13.0. The Labute approximate surface area is 195 Å². The minimum atomic E-state index is -0.267. The second kappa shape index (κ2) is 12.5. The quantitative estimate of drug-likeness (QED) is 0.334. The van der Waals surface area contributed by atoms with Gasteiger partial charge in [-0.05, 0) is 42.9 Å². The average molecular weight is 451 g/mol. The van der Waals surface area contributed by atoms with Gasteiger partial charge in [-0.3, -0.25) is 9.79 Å². The van der Waals surface area contributed by atoms with Crippen LogP contribution in [0.4, 0.5) is 23.1 Å². The van der Waals surface area contributed by atoms with Crippen LogP contribution in [0.3, 0.4) is 0 Å². The highest BCUT2D eigenvalue weighted by Crippen LogP contribution is 2.21. The molecule has 0 radical (unpaired) electrons. The number of nitrogens with one attached hydrogen (secondary N) is 4. The predicted octanol–water partition coefficient (Wildman–Crippen LogP) is 3.57. The van der Waals surface area contributed by atoms with Crippen LogP contribution in [-0.4, -0.2) is 48.3 Å². The summed E-state index contributed by atoms with van der Waals surface area (Å²) in [5.74, 6) is 1.60. The van der Waals surface area contributed by atoms with Crippen molar-refractivity contribution in [3.05, 3.63) is 48.3 Å². The summed E-state index contributed by atoms with van der Waals surface area (Å²) in [4.78, 5) is 26.1. The van der Waals surface area contributed by atoms with E-state index in [1.54, 1.807) is 6.20 Å². The number of hydrogen-bond donors (Lipinski definition) is 5. The van der Waals surface area contributed by atoms with Gasteiger partial charge in [-0.25, -0.2) is 4.98 Å². The first-order valence-electron chi connectivity index (χ1n) is 11.5. The molecule has 1 aliphatic rings. The molecule has 2 atom stereocenters. The molecule has 1 aromatic carbocycles. The van der Waals surface area contributed by atoms with E-state index in [1.165, 1.54) is 0 Å². The highest BCUT2D eigenvalue weighted by atomic mass is 16.1. The largest absolute Gasteiger partial charge is 0.384 e. The van der Waals surface area contributed by atoms with E-state index in [1.807, 2.05) is 36.7 Å². The molecule has 2 aromatic rings. The number of amides is 1. The number of allylic oxidation sites excluding steroid dienone is 1. The van der Waals surface area contributed by atoms with Gasteiger partial charge in [0.25, 0.3) is 5.91 Å². The Morgan fingerprint density at radius 3 is 2.76 bits per heavy atom. The van der Waals surface area contributed by atoms with E-state index in [9.17, 15) is 4.79 Å². The highest BCUT2D eigenvalue weighted by Gasteiger charge is 2.17. The second-order valence-electron chi connectivity index (χ2n) is 8.01. The molecule has 0 fully saturated rings. The number of rotatable bonds is 12. The molecule has 1 aromatic heterocycles. The molecule has 176 valence electrons. The van der Waals surface area contributed by atoms with Crippen molar-refractivity contribution in [2.24, 2.45) is 22.6 Å². The normalized spacial score (nSPS) is 16.9. The van der Waals surface area contributed by atoms with Crippen LogP contribution in [0.1, 0.15) is 37.0 Å². The Balaban J connectivity index is 1.66. The van der Waals surface area contributed by atoms with Crippen molar-refractivity contribution >= 4 is 35.3 Å². The Hall–Kier alpha value is -3.46. The maximum atomic E-state index is 13.0. The van der Waals surface area contributed by atoms with Gasteiger partial charge in [-0.15, -0.1) is 0 Å². The lowest BCUT2D eigenvalue weighted by Crippen LogP contribution is -2.20. The molecule has 6 N–H and O–H groups in total. The molecule has 1 aliphatic heterocycles. The number of aromatic nitrogens is 2. The van der Waals surface area contributed by atoms with E-state index in [0.717, 1.165) is 25.1 Å². The predicted molar refractivity (Wildman–Crippen MR) is 136 cm³/mol. The van der Waals surface area contributed by atoms with Gasteiger partial charge < -0.3 is 27.0 Å². The van der Waals surface area contributed by atoms with Gasteiger partial charge in [0.15, 0.2) is 0 Å². The minimum Gasteiger partial charge on any atom is -0.384 e. The molecule has 0 saturated carbocycles. The molecule has 0 spiro atoms. The molecule has 2 unspecified atom stereocenters. The number of nitrogens with zero attached hydrogens (tertiary/aromatic N) is 3. The molecule has 2 heterocycles. The summed E-state index contributed by atoms with van der Waals surface area (Å²) >= 11 is 0. The lowest BCUT2D eigenvalue weighted by Gasteiger charge is -2.19. The zero-order chi connectivity index (χ0) is 23.5. The molecule has 3 rings (SSSR count). The Morgan fingerprint density at radius 2 is 1.97 bits per heavy atom. The van der Waals surface area contributed by atoms with Gasteiger partial charge in [0, 0.05) is 56.2 Å². The molecular weight excluding hydrogens is 416 g/mol. The van der Waals surface area contributed by atoms with Crippen molar-refractivity contribution in [2.45, 2.75) is 26.7 Å². The first-order valence-corrected chi connectivity index (χ1v) is 11.5. The third-order valence-corrected chi connectivity index (χ3v) is 5.35. The van der Waals surface area contributed by atoms with Crippen LogP contribution in [0.15, 0.2) is 47.7 Å². The number of aliphatic imine (C=N–C) groups is 1. The van der Waals surface area contributed by atoms with Crippen LogP contribution in [-0.2, 0) is 0 Å². The molecule has 9 heteroatoms. The van der Waals surface area contributed by atoms with Gasteiger partial charge in [-0.2, -0.15) is 4.98 Å². The van der Waals surface area contributed by atoms with Crippen molar-refractivity contribution in [3.8, 4) is 0 Å². The van der Waals surface area contributed by atoms with E-state index in [0.29, 0.717) is 54.5 Å². The van der Waals surface area contributed by atoms with Crippen LogP contribution in [0.25, 0.3) is 0 Å². The van der Waals surface area contributed by atoms with E-state index in [4.69, 9.17) is 5.73 Å². The summed E-state index contributed by atoms with van der Waals surface area (Å²) in [7, 11) is 0. The van der Waals surface area contributed by atoms with Gasteiger partial charge in [0.05, 0.1) is 0 Å². The van der Waals surface area contributed by atoms with Gasteiger partial charge >= 0.3 is 0 Å². The Kier molecular flexibility index (Phi) is 9.19. The first-order chi connectivity index (χ1) is 16.1.